The molecular formula is C30H24ClNO5. The van der Waals surface area contributed by atoms with Crippen LogP contribution in [0.1, 0.15) is 24.1 Å². The van der Waals surface area contributed by atoms with Crippen molar-refractivity contribution < 1.29 is 24.2 Å². The van der Waals surface area contributed by atoms with Crippen molar-refractivity contribution >= 4 is 45.5 Å². The number of ketones is 1. The monoisotopic (exact) mass is 513 g/mol. The Bertz CT molecular complexity index is 1560. The number of amides is 1. The van der Waals surface area contributed by atoms with Crippen molar-refractivity contribution in [2.45, 2.75) is 13.0 Å². The molecule has 0 radical (unpaired) electrons. The standard InChI is InChI=1S/C30H24ClNO5/c1-3-37-25-16-20(13-14-24(25)36-2)27-26(28(33)21-12-11-18-7-4-5-8-19(18)15-21)29(34)30(35)32(27)23-10-6-9-22(31)17-23/h4-17,27,33H,3H2,1-2H3/b28-26+. The van der Waals surface area contributed by atoms with E-state index < -0.39 is 17.7 Å². The number of methoxy groups -OCH3 is 1. The van der Waals surface area contributed by atoms with Crippen molar-refractivity contribution in [3.05, 3.63) is 107 Å². The number of aliphatic hydroxyl groups is 1. The highest BCUT2D eigenvalue weighted by molar-refractivity contribution is 6.51. The number of halogens is 1. The number of hydrogen-bond acceptors (Lipinski definition) is 5. The molecule has 0 bridgehead atoms. The maximum Gasteiger partial charge on any atom is 0.300 e. The molecule has 0 saturated carbocycles. The largest absolute Gasteiger partial charge is 0.507 e. The van der Waals surface area contributed by atoms with E-state index in [1.165, 1.54) is 12.0 Å². The fraction of sp³-hybridized carbons (Fsp3) is 0.133. The summed E-state index contributed by atoms with van der Waals surface area (Å²) < 4.78 is 11.2. The van der Waals surface area contributed by atoms with Crippen molar-refractivity contribution in [1.29, 1.82) is 0 Å². The Morgan fingerprint density at radius 2 is 1.70 bits per heavy atom. The lowest BCUT2D eigenvalue weighted by Gasteiger charge is -2.26. The Morgan fingerprint density at radius 1 is 0.919 bits per heavy atom. The van der Waals surface area contributed by atoms with Gasteiger partial charge in [-0.05, 0) is 59.7 Å². The Labute approximate surface area is 219 Å². The van der Waals surface area contributed by atoms with Crippen molar-refractivity contribution in [3.8, 4) is 11.5 Å². The number of Topliss-reactive ketones (excluding diaryl/α,β-unsaturated/α-hetero) is 1. The smallest absolute Gasteiger partial charge is 0.300 e. The summed E-state index contributed by atoms with van der Waals surface area (Å²) in [5, 5.41) is 13.8. The molecular weight excluding hydrogens is 490 g/mol. The minimum absolute atomic E-state index is 0.0205. The van der Waals surface area contributed by atoms with E-state index in [1.807, 2.05) is 37.3 Å². The molecule has 0 aliphatic carbocycles. The van der Waals surface area contributed by atoms with E-state index in [0.717, 1.165) is 10.8 Å². The molecule has 1 fully saturated rings. The molecule has 7 heteroatoms. The first-order chi connectivity index (χ1) is 17.9. The first-order valence-corrected chi connectivity index (χ1v) is 12.2. The average molecular weight is 514 g/mol. The molecule has 1 N–H and O–H groups in total. The van der Waals surface area contributed by atoms with Gasteiger partial charge in [0.05, 0.1) is 25.3 Å². The molecule has 1 amide bonds. The number of nitrogens with zero attached hydrogens (tertiary/aromatic N) is 1. The lowest BCUT2D eigenvalue weighted by Crippen LogP contribution is -2.29. The van der Waals surface area contributed by atoms with E-state index >= 15 is 0 Å². The highest BCUT2D eigenvalue weighted by Crippen LogP contribution is 2.44. The molecule has 1 heterocycles. The molecule has 1 saturated heterocycles. The molecule has 37 heavy (non-hydrogen) atoms. The van der Waals surface area contributed by atoms with Crippen LogP contribution in [-0.2, 0) is 9.59 Å². The highest BCUT2D eigenvalue weighted by Gasteiger charge is 2.47. The molecule has 4 aromatic rings. The first-order valence-electron chi connectivity index (χ1n) is 11.8. The number of fused-ring (bicyclic) bond motifs is 1. The summed E-state index contributed by atoms with van der Waals surface area (Å²) >= 11 is 6.24. The van der Waals surface area contributed by atoms with E-state index in [4.69, 9.17) is 21.1 Å². The van der Waals surface area contributed by atoms with E-state index in [0.29, 0.717) is 39.9 Å². The molecule has 1 aliphatic heterocycles. The van der Waals surface area contributed by atoms with Gasteiger partial charge in [0.15, 0.2) is 11.5 Å². The van der Waals surface area contributed by atoms with E-state index in [2.05, 4.69) is 0 Å². The van der Waals surface area contributed by atoms with Gasteiger partial charge >= 0.3 is 0 Å². The predicted octanol–water partition coefficient (Wildman–Crippen LogP) is 6.53. The number of aliphatic hydroxyl groups excluding tert-OH is 1. The molecule has 4 aromatic carbocycles. The van der Waals surface area contributed by atoms with Crippen molar-refractivity contribution in [3.63, 3.8) is 0 Å². The lowest BCUT2D eigenvalue weighted by molar-refractivity contribution is -0.132. The van der Waals surface area contributed by atoms with Crippen LogP contribution in [0.2, 0.25) is 5.02 Å². The fourth-order valence-corrected chi connectivity index (χ4v) is 4.85. The zero-order chi connectivity index (χ0) is 26.1. The van der Waals surface area contributed by atoms with Gasteiger partial charge in [-0.3, -0.25) is 14.5 Å². The summed E-state index contributed by atoms with van der Waals surface area (Å²) in [7, 11) is 1.54. The van der Waals surface area contributed by atoms with E-state index in [1.54, 1.807) is 54.6 Å². The van der Waals surface area contributed by atoms with Crippen LogP contribution < -0.4 is 14.4 Å². The van der Waals surface area contributed by atoms with Crippen molar-refractivity contribution in [1.82, 2.24) is 0 Å². The quantitative estimate of drug-likeness (QED) is 0.180. The summed E-state index contributed by atoms with van der Waals surface area (Å²) in [5.41, 5.74) is 1.43. The summed E-state index contributed by atoms with van der Waals surface area (Å²) in [5.74, 6) is -0.829. The summed E-state index contributed by atoms with van der Waals surface area (Å²) in [4.78, 5) is 28.3. The fourth-order valence-electron chi connectivity index (χ4n) is 4.66. The highest BCUT2D eigenvalue weighted by atomic mass is 35.5. The number of carbonyl (C=O) groups excluding carboxylic acids is 2. The minimum Gasteiger partial charge on any atom is -0.507 e. The number of hydrogen-bond donors (Lipinski definition) is 1. The van der Waals surface area contributed by atoms with E-state index in [9.17, 15) is 14.7 Å². The van der Waals surface area contributed by atoms with Gasteiger partial charge in [0.2, 0.25) is 0 Å². The van der Waals surface area contributed by atoms with Crippen molar-refractivity contribution in [2.24, 2.45) is 0 Å². The average Bonchev–Trinajstić information content (AvgIpc) is 3.18. The Morgan fingerprint density at radius 3 is 2.43 bits per heavy atom. The van der Waals surface area contributed by atoms with Gasteiger partial charge in [0, 0.05) is 16.3 Å². The molecule has 1 unspecified atom stereocenters. The van der Waals surface area contributed by atoms with Crippen molar-refractivity contribution in [2.75, 3.05) is 18.6 Å². The molecule has 186 valence electrons. The zero-order valence-electron chi connectivity index (χ0n) is 20.3. The topological polar surface area (TPSA) is 76.1 Å². The third-order valence-corrected chi connectivity index (χ3v) is 6.59. The normalized spacial score (nSPS) is 16.8. The number of ether oxygens (including phenoxy) is 2. The maximum atomic E-state index is 13.5. The Hall–Kier alpha value is -4.29. The van der Waals surface area contributed by atoms with Gasteiger partial charge in [0.1, 0.15) is 5.76 Å². The predicted molar refractivity (Wildman–Crippen MR) is 144 cm³/mol. The first kappa shape index (κ1) is 24.4. The van der Waals surface area contributed by atoms with Gasteiger partial charge < -0.3 is 14.6 Å². The third-order valence-electron chi connectivity index (χ3n) is 6.36. The van der Waals surface area contributed by atoms with Crippen LogP contribution >= 0.6 is 11.6 Å². The van der Waals surface area contributed by atoms with Gasteiger partial charge in [-0.15, -0.1) is 0 Å². The van der Waals surface area contributed by atoms with Crippen LogP contribution in [0.15, 0.2) is 90.5 Å². The maximum absolute atomic E-state index is 13.5. The molecule has 1 aliphatic rings. The third kappa shape index (κ3) is 4.41. The summed E-state index contributed by atoms with van der Waals surface area (Å²) in [6, 6.07) is 24.1. The van der Waals surface area contributed by atoms with Crippen LogP contribution in [0.25, 0.3) is 16.5 Å². The molecule has 0 spiro atoms. The molecule has 5 rings (SSSR count). The number of rotatable bonds is 6. The minimum atomic E-state index is -0.921. The SMILES string of the molecule is CCOc1cc(C2/C(=C(\O)c3ccc4ccccc4c3)C(=O)C(=O)N2c2cccc(Cl)c2)ccc1OC. The summed E-state index contributed by atoms with van der Waals surface area (Å²) in [6.45, 7) is 2.25. The van der Waals surface area contributed by atoms with Gasteiger partial charge in [-0.1, -0.05) is 60.1 Å². The number of anilines is 1. The Balaban J connectivity index is 1.74. The molecule has 0 aromatic heterocycles. The van der Waals surface area contributed by atoms with Crippen LogP contribution in [0.3, 0.4) is 0 Å². The number of benzene rings is 4. The Kier molecular flexibility index (Phi) is 6.59. The zero-order valence-corrected chi connectivity index (χ0v) is 21.0. The number of carbonyl (C=O) groups is 2. The van der Waals surface area contributed by atoms with Crippen LogP contribution in [0.5, 0.6) is 11.5 Å². The van der Waals surface area contributed by atoms with Crippen LogP contribution in [0.4, 0.5) is 5.69 Å². The van der Waals surface area contributed by atoms with E-state index in [-0.39, 0.29) is 11.3 Å². The van der Waals surface area contributed by atoms with Gasteiger partial charge in [0.25, 0.3) is 11.7 Å². The van der Waals surface area contributed by atoms with Gasteiger partial charge in [-0.25, -0.2) is 0 Å². The second-order valence-electron chi connectivity index (χ2n) is 8.55. The molecule has 1 atom stereocenters. The van der Waals surface area contributed by atoms with Crippen LogP contribution in [-0.4, -0.2) is 30.5 Å². The van der Waals surface area contributed by atoms with Crippen LogP contribution in [0, 0.1) is 0 Å². The lowest BCUT2D eigenvalue weighted by atomic mass is 9.94. The second-order valence-corrected chi connectivity index (χ2v) is 8.99. The van der Waals surface area contributed by atoms with Gasteiger partial charge in [-0.2, -0.15) is 0 Å². The second kappa shape index (κ2) is 9.99. The summed E-state index contributed by atoms with van der Waals surface area (Å²) in [6.07, 6.45) is 0. The molecule has 6 nitrogen and oxygen atoms in total.